The van der Waals surface area contributed by atoms with Crippen molar-refractivity contribution in [3.05, 3.63) is 89.0 Å². The highest BCUT2D eigenvalue weighted by atomic mass is 16.5. The minimum atomic E-state index is -0.859. The van der Waals surface area contributed by atoms with Crippen molar-refractivity contribution >= 4 is 23.1 Å². The van der Waals surface area contributed by atoms with E-state index in [1.807, 2.05) is 38.1 Å². The largest absolute Gasteiger partial charge is 0.507 e. The van der Waals surface area contributed by atoms with Gasteiger partial charge in [-0.3, -0.25) is 14.5 Å². The number of hydrogen-bond donors (Lipinski definition) is 1. The lowest BCUT2D eigenvalue weighted by Crippen LogP contribution is -2.29. The number of methoxy groups -OCH3 is 2. The summed E-state index contributed by atoms with van der Waals surface area (Å²) in [6.07, 6.45) is -0.00844. The van der Waals surface area contributed by atoms with Crippen LogP contribution in [0.4, 0.5) is 5.69 Å². The van der Waals surface area contributed by atoms with E-state index >= 15 is 0 Å². The third-order valence-corrected chi connectivity index (χ3v) is 6.69. The van der Waals surface area contributed by atoms with Crippen LogP contribution in [0.2, 0.25) is 0 Å². The average Bonchev–Trinajstić information content (AvgIpc) is 3.17. The Morgan fingerprint density at radius 2 is 1.49 bits per heavy atom. The van der Waals surface area contributed by atoms with Gasteiger partial charge >= 0.3 is 0 Å². The van der Waals surface area contributed by atoms with Crippen molar-refractivity contribution in [3.8, 4) is 17.2 Å². The van der Waals surface area contributed by atoms with Gasteiger partial charge in [0, 0.05) is 11.8 Å². The molecule has 0 spiro atoms. The van der Waals surface area contributed by atoms with Gasteiger partial charge in [0.2, 0.25) is 0 Å². The van der Waals surface area contributed by atoms with Crippen molar-refractivity contribution in [1.82, 2.24) is 0 Å². The lowest BCUT2D eigenvalue weighted by atomic mass is 9.85. The van der Waals surface area contributed by atoms with E-state index in [0.717, 1.165) is 5.56 Å². The number of carbonyl (C=O) groups is 2. The number of hydrogen-bond acceptors (Lipinski definition) is 6. The van der Waals surface area contributed by atoms with Crippen LogP contribution in [0.25, 0.3) is 5.76 Å². The SMILES string of the molecule is COc1ccc(/C(O)=C2/C(=O)C(=O)N(c3ccc(OC(C)C)cc3)C2c2ccc(C(C)(C)C)cc2)c(OC)c1. The number of nitrogens with zero attached hydrogens (tertiary/aromatic N) is 1. The zero-order chi connectivity index (χ0) is 28.5. The van der Waals surface area contributed by atoms with Gasteiger partial charge in [0.15, 0.2) is 0 Å². The maximum Gasteiger partial charge on any atom is 0.300 e. The molecular formula is C32H35NO6. The molecule has 1 N–H and O–H groups in total. The Kier molecular flexibility index (Phi) is 7.72. The summed E-state index contributed by atoms with van der Waals surface area (Å²) in [5, 5.41) is 11.5. The Balaban J connectivity index is 1.91. The molecule has 1 heterocycles. The fourth-order valence-electron chi connectivity index (χ4n) is 4.68. The molecule has 7 heteroatoms. The zero-order valence-corrected chi connectivity index (χ0v) is 23.4. The molecule has 1 amide bonds. The van der Waals surface area contributed by atoms with Crippen LogP contribution in [0.15, 0.2) is 72.3 Å². The molecule has 0 aliphatic carbocycles. The normalized spacial score (nSPS) is 17.0. The number of aliphatic hydroxyl groups excluding tert-OH is 1. The lowest BCUT2D eigenvalue weighted by Gasteiger charge is -2.27. The van der Waals surface area contributed by atoms with E-state index < -0.39 is 17.7 Å². The molecule has 7 nitrogen and oxygen atoms in total. The number of anilines is 1. The minimum Gasteiger partial charge on any atom is -0.507 e. The van der Waals surface area contributed by atoms with E-state index in [2.05, 4.69) is 20.8 Å². The van der Waals surface area contributed by atoms with Crippen molar-refractivity contribution in [3.63, 3.8) is 0 Å². The van der Waals surface area contributed by atoms with Crippen molar-refractivity contribution in [1.29, 1.82) is 0 Å². The minimum absolute atomic E-state index is 0.00844. The van der Waals surface area contributed by atoms with E-state index in [9.17, 15) is 14.7 Å². The molecule has 0 saturated carbocycles. The summed E-state index contributed by atoms with van der Waals surface area (Å²) >= 11 is 0. The first-order chi connectivity index (χ1) is 18.5. The zero-order valence-electron chi connectivity index (χ0n) is 23.4. The third kappa shape index (κ3) is 5.48. The van der Waals surface area contributed by atoms with Crippen LogP contribution in [-0.4, -0.2) is 37.1 Å². The second kappa shape index (κ2) is 10.8. The molecular weight excluding hydrogens is 494 g/mol. The summed E-state index contributed by atoms with van der Waals surface area (Å²) in [6.45, 7) is 10.2. The molecule has 1 aliphatic heterocycles. The molecule has 1 unspecified atom stereocenters. The van der Waals surface area contributed by atoms with Crippen LogP contribution < -0.4 is 19.1 Å². The Bertz CT molecular complexity index is 1400. The van der Waals surface area contributed by atoms with Gasteiger partial charge in [-0.25, -0.2) is 0 Å². The molecule has 3 aromatic rings. The number of rotatable bonds is 7. The molecule has 204 valence electrons. The molecule has 0 aromatic heterocycles. The smallest absolute Gasteiger partial charge is 0.300 e. The summed E-state index contributed by atoms with van der Waals surface area (Å²) in [7, 11) is 2.99. The van der Waals surface area contributed by atoms with E-state index in [1.165, 1.54) is 19.1 Å². The Morgan fingerprint density at radius 1 is 0.872 bits per heavy atom. The fraction of sp³-hybridized carbons (Fsp3) is 0.312. The number of Topliss-reactive ketones (excluding diaryl/α,β-unsaturated/α-hetero) is 1. The van der Waals surface area contributed by atoms with Gasteiger partial charge in [-0.1, -0.05) is 45.0 Å². The van der Waals surface area contributed by atoms with Crippen molar-refractivity contribution in [2.45, 2.75) is 52.2 Å². The van der Waals surface area contributed by atoms with Gasteiger partial charge < -0.3 is 19.3 Å². The van der Waals surface area contributed by atoms with Crippen LogP contribution in [-0.2, 0) is 15.0 Å². The maximum atomic E-state index is 13.5. The highest BCUT2D eigenvalue weighted by Gasteiger charge is 2.47. The second-order valence-electron chi connectivity index (χ2n) is 10.8. The first-order valence-electron chi connectivity index (χ1n) is 12.9. The number of ketones is 1. The number of amides is 1. The molecule has 1 atom stereocenters. The summed E-state index contributed by atoms with van der Waals surface area (Å²) < 4.78 is 16.5. The van der Waals surface area contributed by atoms with Crippen LogP contribution in [0, 0.1) is 0 Å². The summed E-state index contributed by atoms with van der Waals surface area (Å²) in [4.78, 5) is 28.5. The molecule has 3 aromatic carbocycles. The van der Waals surface area contributed by atoms with Gasteiger partial charge in [0.05, 0.1) is 37.5 Å². The monoisotopic (exact) mass is 529 g/mol. The van der Waals surface area contributed by atoms with Crippen molar-refractivity contribution in [2.24, 2.45) is 0 Å². The van der Waals surface area contributed by atoms with Crippen molar-refractivity contribution < 1.29 is 28.9 Å². The number of carbonyl (C=O) groups excluding carboxylic acids is 2. The Labute approximate surface area is 229 Å². The molecule has 1 fully saturated rings. The van der Waals surface area contributed by atoms with E-state index in [0.29, 0.717) is 28.5 Å². The maximum absolute atomic E-state index is 13.5. The number of ether oxygens (including phenoxy) is 3. The quantitative estimate of drug-likeness (QED) is 0.216. The molecule has 0 radical (unpaired) electrons. The lowest BCUT2D eigenvalue weighted by molar-refractivity contribution is -0.132. The molecule has 0 bridgehead atoms. The van der Waals surface area contributed by atoms with E-state index in [-0.39, 0.29) is 28.4 Å². The van der Waals surface area contributed by atoms with E-state index in [1.54, 1.807) is 42.5 Å². The van der Waals surface area contributed by atoms with E-state index in [4.69, 9.17) is 14.2 Å². The van der Waals surface area contributed by atoms with Crippen LogP contribution >= 0.6 is 0 Å². The second-order valence-corrected chi connectivity index (χ2v) is 10.8. The van der Waals surface area contributed by atoms with Gasteiger partial charge in [0.25, 0.3) is 11.7 Å². The number of benzene rings is 3. The predicted molar refractivity (Wildman–Crippen MR) is 152 cm³/mol. The van der Waals surface area contributed by atoms with Crippen LogP contribution in [0.5, 0.6) is 17.2 Å². The Hall–Kier alpha value is -4.26. The first-order valence-corrected chi connectivity index (χ1v) is 12.9. The molecule has 1 saturated heterocycles. The standard InChI is InChI=1S/C32H35NO6/c1-19(2)39-23-14-12-22(13-15-23)33-28(20-8-10-21(11-9-20)32(3,4)5)27(30(35)31(33)36)29(34)25-17-16-24(37-6)18-26(25)38-7/h8-19,28,34H,1-7H3/b29-27-. The highest BCUT2D eigenvalue weighted by molar-refractivity contribution is 6.51. The van der Waals surface area contributed by atoms with Crippen LogP contribution in [0.3, 0.4) is 0 Å². The average molecular weight is 530 g/mol. The van der Waals surface area contributed by atoms with Gasteiger partial charge in [-0.2, -0.15) is 0 Å². The Morgan fingerprint density at radius 3 is 2.03 bits per heavy atom. The van der Waals surface area contributed by atoms with Gasteiger partial charge in [-0.15, -0.1) is 0 Å². The topological polar surface area (TPSA) is 85.3 Å². The summed E-state index contributed by atoms with van der Waals surface area (Å²) in [5.41, 5.74) is 2.50. The van der Waals surface area contributed by atoms with Crippen LogP contribution in [0.1, 0.15) is 57.4 Å². The predicted octanol–water partition coefficient (Wildman–Crippen LogP) is 6.41. The third-order valence-electron chi connectivity index (χ3n) is 6.69. The molecule has 4 rings (SSSR count). The fourth-order valence-corrected chi connectivity index (χ4v) is 4.68. The van der Waals surface area contributed by atoms with Gasteiger partial charge in [-0.05, 0) is 66.8 Å². The highest BCUT2D eigenvalue weighted by Crippen LogP contribution is 2.44. The summed E-state index contributed by atoms with van der Waals surface area (Å²) in [6, 6.07) is 18.8. The summed E-state index contributed by atoms with van der Waals surface area (Å²) in [5.74, 6) is -0.333. The van der Waals surface area contributed by atoms with Gasteiger partial charge in [0.1, 0.15) is 23.0 Å². The molecule has 39 heavy (non-hydrogen) atoms. The number of aliphatic hydroxyl groups is 1. The molecule has 1 aliphatic rings. The first kappa shape index (κ1) is 27.8. The van der Waals surface area contributed by atoms with Crippen molar-refractivity contribution in [2.75, 3.05) is 19.1 Å².